The number of carbonyl (C=O) groups excluding carboxylic acids is 2. The molecule has 3 atom stereocenters. The second kappa shape index (κ2) is 8.40. The van der Waals surface area contributed by atoms with Crippen molar-refractivity contribution < 1.29 is 29.5 Å². The molecule has 3 aliphatic rings. The summed E-state index contributed by atoms with van der Waals surface area (Å²) < 4.78 is 5.09. The van der Waals surface area contributed by atoms with Crippen LogP contribution in [0, 0.1) is 22.0 Å². The minimum atomic E-state index is -2.21. The quantitative estimate of drug-likeness (QED) is 0.174. The number of amides is 1. The van der Waals surface area contributed by atoms with Crippen molar-refractivity contribution in [1.82, 2.24) is 15.3 Å². The standard InChI is InChI=1S/C23H23N5O7/c1-2-23(32)17-15(11-35-22(23)31)21(30)27-10-14-13(9-25-24-7-8-29)12-5-3-4-6-16(12)26-18(14)20(27)19(17)28(33)34/h3-6,9,15,17,24,29,32H,2,7-8,10-11H2,1H3/b25-9+/t15?,17?,23-/m0/s1. The van der Waals surface area contributed by atoms with Crippen LogP contribution in [0.5, 0.6) is 0 Å². The molecule has 1 aromatic heterocycles. The Morgan fingerprint density at radius 2 is 2.17 bits per heavy atom. The number of hydrogen-bond donors (Lipinski definition) is 3. The summed E-state index contributed by atoms with van der Waals surface area (Å²) in [7, 11) is 0. The Kier molecular flexibility index (Phi) is 5.49. The predicted octanol–water partition coefficient (Wildman–Crippen LogP) is 0.382. The molecule has 0 aliphatic carbocycles. The molecule has 1 aromatic carbocycles. The Hall–Kier alpha value is -3.90. The number of aliphatic hydroxyl groups is 2. The number of rotatable bonds is 6. The molecule has 12 heteroatoms. The summed E-state index contributed by atoms with van der Waals surface area (Å²) >= 11 is 0. The van der Waals surface area contributed by atoms with E-state index in [1.54, 1.807) is 12.1 Å². The second-order valence-corrected chi connectivity index (χ2v) is 8.64. The maximum absolute atomic E-state index is 13.6. The van der Waals surface area contributed by atoms with Gasteiger partial charge in [-0.3, -0.25) is 19.8 Å². The van der Waals surface area contributed by atoms with Gasteiger partial charge in [-0.25, -0.2) is 9.78 Å². The van der Waals surface area contributed by atoms with E-state index in [1.807, 2.05) is 12.1 Å². The molecule has 5 rings (SSSR count). The van der Waals surface area contributed by atoms with Crippen LogP contribution in [-0.2, 0) is 20.9 Å². The minimum absolute atomic E-state index is 0.0125. The first kappa shape index (κ1) is 22.9. The van der Waals surface area contributed by atoms with E-state index in [2.05, 4.69) is 15.5 Å². The van der Waals surface area contributed by atoms with Crippen molar-refractivity contribution in [3.8, 4) is 0 Å². The summed E-state index contributed by atoms with van der Waals surface area (Å²) in [6.45, 7) is 1.30. The highest BCUT2D eigenvalue weighted by molar-refractivity contribution is 6.04. The van der Waals surface area contributed by atoms with Gasteiger partial charge in [-0.05, 0) is 12.5 Å². The number of fused-ring (bicyclic) bond motifs is 5. The highest BCUT2D eigenvalue weighted by Gasteiger charge is 2.64. The van der Waals surface area contributed by atoms with E-state index >= 15 is 0 Å². The Morgan fingerprint density at radius 3 is 2.89 bits per heavy atom. The molecule has 4 heterocycles. The van der Waals surface area contributed by atoms with Crippen LogP contribution in [0.25, 0.3) is 16.6 Å². The molecule has 3 aliphatic heterocycles. The zero-order chi connectivity index (χ0) is 24.9. The van der Waals surface area contributed by atoms with Crippen LogP contribution in [0.15, 0.2) is 35.1 Å². The second-order valence-electron chi connectivity index (χ2n) is 8.64. The van der Waals surface area contributed by atoms with E-state index in [0.717, 1.165) is 5.39 Å². The molecule has 35 heavy (non-hydrogen) atoms. The van der Waals surface area contributed by atoms with E-state index in [9.17, 15) is 24.8 Å². The largest absolute Gasteiger partial charge is 0.463 e. The Labute approximate surface area is 199 Å². The lowest BCUT2D eigenvalue weighted by Gasteiger charge is -2.43. The zero-order valence-corrected chi connectivity index (χ0v) is 18.8. The average molecular weight is 481 g/mol. The molecule has 1 fully saturated rings. The number of benzene rings is 1. The van der Waals surface area contributed by atoms with Crippen LogP contribution in [0.1, 0.15) is 30.2 Å². The molecule has 0 saturated carbocycles. The van der Waals surface area contributed by atoms with Crippen LogP contribution in [0.4, 0.5) is 0 Å². The third kappa shape index (κ3) is 3.28. The average Bonchev–Trinajstić information content (AvgIpc) is 3.23. The van der Waals surface area contributed by atoms with Crippen LogP contribution in [0.3, 0.4) is 0 Å². The molecular formula is C23H23N5O7. The van der Waals surface area contributed by atoms with Crippen molar-refractivity contribution in [3.63, 3.8) is 0 Å². The Morgan fingerprint density at radius 1 is 1.40 bits per heavy atom. The number of nitro groups is 1. The number of aromatic nitrogens is 1. The molecule has 0 spiro atoms. The fourth-order valence-corrected chi connectivity index (χ4v) is 5.21. The number of esters is 1. The van der Waals surface area contributed by atoms with Gasteiger partial charge >= 0.3 is 5.97 Å². The highest BCUT2D eigenvalue weighted by Crippen LogP contribution is 2.50. The third-order valence-electron chi connectivity index (χ3n) is 6.88. The van der Waals surface area contributed by atoms with Gasteiger partial charge < -0.3 is 20.4 Å². The van der Waals surface area contributed by atoms with Crippen LogP contribution >= 0.6 is 0 Å². The third-order valence-corrected chi connectivity index (χ3v) is 6.88. The maximum atomic E-state index is 13.6. The summed E-state index contributed by atoms with van der Waals surface area (Å²) in [5, 5.41) is 37.5. The topological polar surface area (TPSA) is 167 Å². The number of aliphatic hydroxyl groups excluding tert-OH is 1. The number of ether oxygens (including phenoxy) is 1. The van der Waals surface area contributed by atoms with Crippen molar-refractivity contribution in [2.45, 2.75) is 25.5 Å². The van der Waals surface area contributed by atoms with Crippen molar-refractivity contribution in [3.05, 3.63) is 56.9 Å². The summed E-state index contributed by atoms with van der Waals surface area (Å²) in [5.41, 5.74) is 2.03. The van der Waals surface area contributed by atoms with Crippen LogP contribution in [-0.4, -0.2) is 68.5 Å². The van der Waals surface area contributed by atoms with E-state index in [-0.39, 0.29) is 44.1 Å². The molecule has 2 unspecified atom stereocenters. The molecule has 1 saturated heterocycles. The fraction of sp³-hybridized carbons (Fsp3) is 0.391. The van der Waals surface area contributed by atoms with Crippen molar-refractivity contribution >= 4 is 34.7 Å². The number of para-hydroxylation sites is 1. The molecule has 12 nitrogen and oxygen atoms in total. The zero-order valence-electron chi connectivity index (χ0n) is 18.8. The van der Waals surface area contributed by atoms with E-state index in [1.165, 1.54) is 18.0 Å². The van der Waals surface area contributed by atoms with Crippen molar-refractivity contribution in [2.75, 3.05) is 19.8 Å². The first-order chi connectivity index (χ1) is 16.8. The SMILES string of the molecule is CC[C@@]1(O)C(=O)OCC2C(=O)N3Cc4c(nc5ccccc5c4/C=N/NCCO)C3=C([N+](=O)[O-])C21. The number of carbonyl (C=O) groups is 2. The molecule has 1 amide bonds. The fourth-order valence-electron chi connectivity index (χ4n) is 5.21. The normalized spacial score (nSPS) is 25.5. The molecule has 0 radical (unpaired) electrons. The number of pyridine rings is 1. The first-order valence-corrected chi connectivity index (χ1v) is 11.2. The number of nitrogens with zero attached hydrogens (tertiary/aromatic N) is 4. The summed E-state index contributed by atoms with van der Waals surface area (Å²) in [6, 6.07) is 7.18. The maximum Gasteiger partial charge on any atom is 0.339 e. The van der Waals surface area contributed by atoms with Gasteiger partial charge in [0.05, 0.1) is 48.0 Å². The summed E-state index contributed by atoms with van der Waals surface area (Å²) in [5.74, 6) is -3.91. The Bertz CT molecular complexity index is 1320. The molecule has 2 aromatic rings. The molecule has 0 bridgehead atoms. The Balaban J connectivity index is 1.79. The predicted molar refractivity (Wildman–Crippen MR) is 122 cm³/mol. The van der Waals surface area contributed by atoms with Gasteiger partial charge in [0.2, 0.25) is 5.91 Å². The van der Waals surface area contributed by atoms with E-state index < -0.39 is 39.9 Å². The smallest absolute Gasteiger partial charge is 0.339 e. The van der Waals surface area contributed by atoms with E-state index in [0.29, 0.717) is 16.6 Å². The van der Waals surface area contributed by atoms with Gasteiger partial charge in [-0.2, -0.15) is 5.10 Å². The minimum Gasteiger partial charge on any atom is -0.463 e. The number of cyclic esters (lactones) is 1. The summed E-state index contributed by atoms with van der Waals surface area (Å²) in [4.78, 5) is 43.8. The van der Waals surface area contributed by atoms with Crippen LogP contribution in [0.2, 0.25) is 0 Å². The molecular weight excluding hydrogens is 458 g/mol. The first-order valence-electron chi connectivity index (χ1n) is 11.2. The number of hydrazone groups is 1. The van der Waals surface area contributed by atoms with Crippen LogP contribution < -0.4 is 5.43 Å². The number of hydrogen-bond acceptors (Lipinski definition) is 10. The van der Waals surface area contributed by atoms with E-state index in [4.69, 9.17) is 9.84 Å². The monoisotopic (exact) mass is 481 g/mol. The molecule has 182 valence electrons. The lowest BCUT2D eigenvalue weighted by atomic mass is 9.70. The van der Waals surface area contributed by atoms with Crippen molar-refractivity contribution in [1.29, 1.82) is 0 Å². The van der Waals surface area contributed by atoms with Gasteiger partial charge in [0.25, 0.3) is 5.70 Å². The highest BCUT2D eigenvalue weighted by atomic mass is 16.6. The van der Waals surface area contributed by atoms with Gasteiger partial charge in [-0.15, -0.1) is 0 Å². The van der Waals surface area contributed by atoms with Gasteiger partial charge in [0.1, 0.15) is 18.2 Å². The van der Waals surface area contributed by atoms with Crippen molar-refractivity contribution in [2.24, 2.45) is 16.9 Å². The number of nitrogens with one attached hydrogen (secondary N) is 1. The van der Waals surface area contributed by atoms with Gasteiger partial charge in [0.15, 0.2) is 5.60 Å². The lowest BCUT2D eigenvalue weighted by Crippen LogP contribution is -2.61. The molecule has 3 N–H and O–H groups in total. The lowest BCUT2D eigenvalue weighted by molar-refractivity contribution is -0.440. The summed E-state index contributed by atoms with van der Waals surface area (Å²) in [6.07, 6.45) is 1.38. The van der Waals surface area contributed by atoms with Gasteiger partial charge in [-0.1, -0.05) is 25.1 Å². The van der Waals surface area contributed by atoms with Gasteiger partial charge in [0, 0.05) is 16.5 Å².